The van der Waals surface area contributed by atoms with Gasteiger partial charge < -0.3 is 29.2 Å². The van der Waals surface area contributed by atoms with Gasteiger partial charge >= 0.3 is 26.2 Å². The number of halogens is 2. The summed E-state index contributed by atoms with van der Waals surface area (Å²) in [6.07, 6.45) is 22.8. The van der Waals surface area contributed by atoms with Gasteiger partial charge in [0.1, 0.15) is 0 Å². The van der Waals surface area contributed by atoms with Crippen molar-refractivity contribution in [1.29, 1.82) is 0 Å². The SMILES string of the molecule is CC(CCCO[Si](C)(C)C)(C1C=CC=C1)C1CCC2CC=CC=C21.[Cl-].[Cl-].[Zr+2]. The minimum absolute atomic E-state index is 0. The fraction of sp³-hybridized carbons (Fsp3) is 0.636. The number of fused-ring (bicyclic) bond motifs is 1. The summed E-state index contributed by atoms with van der Waals surface area (Å²) in [6, 6.07) is 0. The van der Waals surface area contributed by atoms with E-state index in [0.29, 0.717) is 11.3 Å². The van der Waals surface area contributed by atoms with Crippen molar-refractivity contribution in [2.75, 3.05) is 6.61 Å². The first-order valence-electron chi connectivity index (χ1n) is 9.76. The predicted molar refractivity (Wildman–Crippen MR) is 106 cm³/mol. The molecule has 27 heavy (non-hydrogen) atoms. The average molecular weight is 505 g/mol. The van der Waals surface area contributed by atoms with E-state index in [2.05, 4.69) is 69.1 Å². The van der Waals surface area contributed by atoms with E-state index in [9.17, 15) is 0 Å². The Kier molecular flexibility index (Phi) is 12.0. The molecule has 0 aromatic rings. The smallest absolute Gasteiger partial charge is 1.00 e. The van der Waals surface area contributed by atoms with E-state index >= 15 is 0 Å². The van der Waals surface area contributed by atoms with Crippen LogP contribution in [0, 0.1) is 23.2 Å². The molecule has 1 saturated carbocycles. The van der Waals surface area contributed by atoms with E-state index in [1.54, 1.807) is 5.57 Å². The molecule has 3 aliphatic carbocycles. The number of rotatable bonds is 7. The number of hydrogen-bond acceptors (Lipinski definition) is 1. The van der Waals surface area contributed by atoms with Gasteiger partial charge in [0.15, 0.2) is 8.32 Å². The second kappa shape index (κ2) is 11.7. The van der Waals surface area contributed by atoms with Crippen molar-refractivity contribution < 1.29 is 55.4 Å². The van der Waals surface area contributed by atoms with Crippen molar-refractivity contribution in [2.24, 2.45) is 23.2 Å². The summed E-state index contributed by atoms with van der Waals surface area (Å²) in [7, 11) is -1.39. The van der Waals surface area contributed by atoms with Crippen LogP contribution in [0.25, 0.3) is 0 Å². The maximum atomic E-state index is 6.13. The van der Waals surface area contributed by atoms with Crippen LogP contribution >= 0.6 is 0 Å². The van der Waals surface area contributed by atoms with Gasteiger partial charge in [-0.15, -0.1) is 0 Å². The van der Waals surface area contributed by atoms with Gasteiger partial charge in [0.05, 0.1) is 0 Å². The van der Waals surface area contributed by atoms with Crippen LogP contribution in [0.5, 0.6) is 0 Å². The van der Waals surface area contributed by atoms with Gasteiger partial charge in [-0.05, 0) is 69.0 Å². The molecule has 3 atom stereocenters. The van der Waals surface area contributed by atoms with Crippen LogP contribution in [-0.4, -0.2) is 14.9 Å². The Morgan fingerprint density at radius 1 is 1.07 bits per heavy atom. The summed E-state index contributed by atoms with van der Waals surface area (Å²) < 4.78 is 6.13. The molecule has 0 heterocycles. The van der Waals surface area contributed by atoms with Gasteiger partial charge in [0.2, 0.25) is 0 Å². The molecule has 0 aromatic carbocycles. The molecular weight excluding hydrogens is 470 g/mol. The van der Waals surface area contributed by atoms with Crippen LogP contribution < -0.4 is 24.8 Å². The maximum absolute atomic E-state index is 6.13. The Morgan fingerprint density at radius 3 is 2.37 bits per heavy atom. The van der Waals surface area contributed by atoms with E-state index in [-0.39, 0.29) is 51.0 Å². The zero-order chi connectivity index (χ0) is 17.2. The fourth-order valence-electron chi connectivity index (χ4n) is 4.90. The second-order valence-electron chi connectivity index (χ2n) is 9.02. The van der Waals surface area contributed by atoms with Crippen LogP contribution in [0.1, 0.15) is 39.0 Å². The first-order valence-corrected chi connectivity index (χ1v) is 13.2. The van der Waals surface area contributed by atoms with Gasteiger partial charge in [-0.3, -0.25) is 0 Å². The third-order valence-electron chi connectivity index (χ3n) is 6.22. The zero-order valence-electron chi connectivity index (χ0n) is 17.2. The van der Waals surface area contributed by atoms with Gasteiger partial charge in [-0.1, -0.05) is 55.0 Å². The third-order valence-corrected chi connectivity index (χ3v) is 7.29. The molecule has 5 heteroatoms. The molecule has 1 nitrogen and oxygen atoms in total. The summed E-state index contributed by atoms with van der Waals surface area (Å²) in [6.45, 7) is 10.3. The van der Waals surface area contributed by atoms with Gasteiger partial charge in [-0.2, -0.15) is 0 Å². The van der Waals surface area contributed by atoms with Crippen molar-refractivity contribution in [2.45, 2.75) is 58.7 Å². The Labute approximate surface area is 199 Å². The molecule has 3 rings (SSSR count). The molecule has 3 aliphatic rings. The van der Waals surface area contributed by atoms with Crippen LogP contribution in [-0.2, 0) is 30.6 Å². The summed E-state index contributed by atoms with van der Waals surface area (Å²) >= 11 is 0. The minimum Gasteiger partial charge on any atom is -1.00 e. The van der Waals surface area contributed by atoms with Crippen molar-refractivity contribution >= 4 is 8.32 Å². The molecular formula is C22H34Cl2OSiZr. The maximum Gasteiger partial charge on any atom is 2.00 e. The van der Waals surface area contributed by atoms with Crippen molar-refractivity contribution in [3.8, 4) is 0 Å². The Hall–Kier alpha value is 0.600. The molecule has 3 unspecified atom stereocenters. The largest absolute Gasteiger partial charge is 2.00 e. The molecule has 0 bridgehead atoms. The molecule has 0 aromatic heterocycles. The summed E-state index contributed by atoms with van der Waals surface area (Å²) in [5.74, 6) is 2.13. The van der Waals surface area contributed by atoms with Crippen LogP contribution in [0.15, 0.2) is 48.1 Å². The molecule has 150 valence electrons. The minimum atomic E-state index is -1.39. The summed E-state index contributed by atoms with van der Waals surface area (Å²) in [4.78, 5) is 0. The molecule has 0 saturated heterocycles. The molecule has 1 fully saturated rings. The van der Waals surface area contributed by atoms with Crippen molar-refractivity contribution in [1.82, 2.24) is 0 Å². The van der Waals surface area contributed by atoms with E-state index in [1.807, 2.05) is 0 Å². The third kappa shape index (κ3) is 6.82. The van der Waals surface area contributed by atoms with E-state index in [0.717, 1.165) is 18.4 Å². The Morgan fingerprint density at radius 2 is 1.74 bits per heavy atom. The topological polar surface area (TPSA) is 9.23 Å². The Bertz CT molecular complexity index is 567. The normalized spacial score (nSPS) is 25.7. The van der Waals surface area contributed by atoms with E-state index < -0.39 is 8.32 Å². The van der Waals surface area contributed by atoms with Crippen LogP contribution in [0.4, 0.5) is 0 Å². The first kappa shape index (κ1) is 27.6. The van der Waals surface area contributed by atoms with Gasteiger partial charge in [0.25, 0.3) is 0 Å². The fourth-order valence-corrected chi connectivity index (χ4v) is 5.66. The first-order chi connectivity index (χ1) is 11.4. The second-order valence-corrected chi connectivity index (χ2v) is 13.5. The quantitative estimate of drug-likeness (QED) is 0.358. The monoisotopic (exact) mass is 502 g/mol. The van der Waals surface area contributed by atoms with E-state index in [4.69, 9.17) is 4.43 Å². The van der Waals surface area contributed by atoms with Gasteiger partial charge in [0, 0.05) is 12.5 Å². The van der Waals surface area contributed by atoms with Crippen molar-refractivity contribution in [3.63, 3.8) is 0 Å². The molecule has 0 N–H and O–H groups in total. The molecule has 0 spiro atoms. The molecule has 0 amide bonds. The van der Waals surface area contributed by atoms with E-state index in [1.165, 1.54) is 32.1 Å². The Balaban J connectivity index is 0.00000225. The van der Waals surface area contributed by atoms with Crippen LogP contribution in [0.2, 0.25) is 19.6 Å². The van der Waals surface area contributed by atoms with Crippen molar-refractivity contribution in [3.05, 3.63) is 48.1 Å². The predicted octanol–water partition coefficient (Wildman–Crippen LogP) is 0.285. The molecule has 0 radical (unpaired) electrons. The van der Waals surface area contributed by atoms with Crippen LogP contribution in [0.3, 0.4) is 0 Å². The number of hydrogen-bond donors (Lipinski definition) is 0. The van der Waals surface area contributed by atoms with Gasteiger partial charge in [-0.25, -0.2) is 0 Å². The zero-order valence-corrected chi connectivity index (χ0v) is 22.2. The summed E-state index contributed by atoms with van der Waals surface area (Å²) in [5, 5.41) is 0. The summed E-state index contributed by atoms with van der Waals surface area (Å²) in [5.41, 5.74) is 2.07. The standard InChI is InChI=1S/C22H34OSi.2ClH.Zr/c1-22(19-11-6-7-12-19,16-9-17-23-24(2,3)4)21-15-14-18-10-5-8-13-20(18)21;;;/h5-8,11-13,18-19,21H,9-10,14-17H2,1-4H3;2*1H;/q;;;+2/p-2. The average Bonchev–Trinajstić information content (AvgIpc) is 3.20. The number of allylic oxidation sites excluding steroid dienone is 8. The molecule has 0 aliphatic heterocycles.